The highest BCUT2D eigenvalue weighted by molar-refractivity contribution is 5.96. The van der Waals surface area contributed by atoms with Gasteiger partial charge in [-0.1, -0.05) is 6.07 Å². The van der Waals surface area contributed by atoms with Crippen LogP contribution in [0.3, 0.4) is 0 Å². The molecule has 0 aliphatic heterocycles. The fraction of sp³-hybridized carbons (Fsp3) is 0.267. The van der Waals surface area contributed by atoms with Crippen LogP contribution in [0, 0.1) is 17.1 Å². The average molecular weight is 340 g/mol. The van der Waals surface area contributed by atoms with Gasteiger partial charge in [0.2, 0.25) is 0 Å². The van der Waals surface area contributed by atoms with Gasteiger partial charge < -0.3 is 5.32 Å². The topological polar surface area (TPSA) is 70.7 Å². The van der Waals surface area contributed by atoms with Crippen molar-refractivity contribution in [1.29, 1.82) is 5.26 Å². The largest absolute Gasteiger partial charge is 0.435 e. The van der Waals surface area contributed by atoms with Gasteiger partial charge >= 0.3 is 6.18 Å². The van der Waals surface area contributed by atoms with Gasteiger partial charge in [0, 0.05) is 13.6 Å². The van der Waals surface area contributed by atoms with E-state index in [0.29, 0.717) is 0 Å². The summed E-state index contributed by atoms with van der Waals surface area (Å²) in [5, 5.41) is 14.8. The van der Waals surface area contributed by atoms with Gasteiger partial charge in [-0.2, -0.15) is 23.5 Å². The number of carbonyl (C=O) groups is 1. The summed E-state index contributed by atoms with van der Waals surface area (Å²) < 4.78 is 54.2. The molecule has 5 nitrogen and oxygen atoms in total. The van der Waals surface area contributed by atoms with Gasteiger partial charge in [-0.15, -0.1) is 0 Å². The first kappa shape index (κ1) is 17.5. The molecule has 0 saturated heterocycles. The Labute approximate surface area is 134 Å². The van der Waals surface area contributed by atoms with Crippen molar-refractivity contribution in [2.45, 2.75) is 13.1 Å². The molecule has 1 aromatic carbocycles. The van der Waals surface area contributed by atoms with Crippen LogP contribution >= 0.6 is 0 Å². The van der Waals surface area contributed by atoms with E-state index in [1.807, 2.05) is 0 Å². The van der Waals surface area contributed by atoms with Crippen molar-refractivity contribution >= 4 is 5.91 Å². The highest BCUT2D eigenvalue weighted by Gasteiger charge is 2.39. The number of halogens is 4. The Kier molecular flexibility index (Phi) is 4.59. The molecule has 0 unspecified atom stereocenters. The number of nitriles is 1. The number of alkyl halides is 3. The molecule has 9 heteroatoms. The summed E-state index contributed by atoms with van der Waals surface area (Å²) in [4.78, 5) is 11.8. The first-order valence-corrected chi connectivity index (χ1v) is 6.83. The second-order valence-electron chi connectivity index (χ2n) is 4.86. The SMILES string of the molecule is CCNC(=O)c1cc(-c2c(C(F)(F)F)nn(C)c2C#N)ccc1F. The van der Waals surface area contributed by atoms with Crippen LogP contribution < -0.4 is 5.32 Å². The van der Waals surface area contributed by atoms with E-state index in [1.54, 1.807) is 13.0 Å². The highest BCUT2D eigenvalue weighted by Crippen LogP contribution is 2.38. The van der Waals surface area contributed by atoms with Crippen molar-refractivity contribution in [2.24, 2.45) is 7.05 Å². The van der Waals surface area contributed by atoms with E-state index in [-0.39, 0.29) is 17.8 Å². The van der Waals surface area contributed by atoms with E-state index in [2.05, 4.69) is 10.4 Å². The Bertz CT molecular complexity index is 833. The molecule has 0 aliphatic carbocycles. The van der Waals surface area contributed by atoms with E-state index in [9.17, 15) is 22.4 Å². The molecule has 1 N–H and O–H groups in total. The minimum absolute atomic E-state index is 0.116. The second kappa shape index (κ2) is 6.31. The number of rotatable bonds is 3. The fourth-order valence-electron chi connectivity index (χ4n) is 2.23. The summed E-state index contributed by atoms with van der Waals surface area (Å²) >= 11 is 0. The Hall–Kier alpha value is -2.89. The summed E-state index contributed by atoms with van der Waals surface area (Å²) in [5.41, 5.74) is -2.62. The maximum atomic E-state index is 13.8. The Morgan fingerprint density at radius 2 is 2.08 bits per heavy atom. The number of aromatic nitrogens is 2. The third-order valence-corrected chi connectivity index (χ3v) is 3.26. The van der Waals surface area contributed by atoms with Crippen LogP contribution in [-0.4, -0.2) is 22.2 Å². The van der Waals surface area contributed by atoms with Gasteiger partial charge in [0.1, 0.15) is 17.6 Å². The minimum Gasteiger partial charge on any atom is -0.352 e. The van der Waals surface area contributed by atoms with E-state index >= 15 is 0 Å². The first-order chi connectivity index (χ1) is 11.2. The molecule has 1 aromatic heterocycles. The van der Waals surface area contributed by atoms with Gasteiger partial charge in [-0.3, -0.25) is 9.48 Å². The predicted molar refractivity (Wildman–Crippen MR) is 76.3 cm³/mol. The van der Waals surface area contributed by atoms with Gasteiger partial charge in [0.25, 0.3) is 5.91 Å². The third kappa shape index (κ3) is 3.08. The van der Waals surface area contributed by atoms with E-state index in [4.69, 9.17) is 5.26 Å². The summed E-state index contributed by atoms with van der Waals surface area (Å²) in [6.07, 6.45) is -4.80. The van der Waals surface area contributed by atoms with Crippen LogP contribution in [0.25, 0.3) is 11.1 Å². The van der Waals surface area contributed by atoms with Crippen molar-refractivity contribution in [3.63, 3.8) is 0 Å². The summed E-state index contributed by atoms with van der Waals surface area (Å²) in [6.45, 7) is 1.85. The standard InChI is InChI=1S/C15H12F4N4O/c1-3-21-14(24)9-6-8(4-5-10(9)16)12-11(7-20)23(2)22-13(12)15(17,18)19/h4-6H,3H2,1-2H3,(H,21,24). The summed E-state index contributed by atoms with van der Waals surface area (Å²) in [7, 11) is 1.20. The fourth-order valence-corrected chi connectivity index (χ4v) is 2.23. The molecule has 0 saturated carbocycles. The van der Waals surface area contributed by atoms with E-state index < -0.39 is 34.7 Å². The monoisotopic (exact) mass is 340 g/mol. The van der Waals surface area contributed by atoms with Crippen molar-refractivity contribution < 1.29 is 22.4 Å². The number of benzene rings is 1. The molecule has 0 fully saturated rings. The van der Waals surface area contributed by atoms with Gasteiger partial charge in [-0.25, -0.2) is 4.39 Å². The zero-order valence-electron chi connectivity index (χ0n) is 12.7. The van der Waals surface area contributed by atoms with Crippen molar-refractivity contribution in [3.8, 4) is 17.2 Å². The number of aryl methyl sites for hydroxylation is 1. The van der Waals surface area contributed by atoms with Crippen molar-refractivity contribution in [2.75, 3.05) is 6.54 Å². The van der Waals surface area contributed by atoms with Crippen molar-refractivity contribution in [1.82, 2.24) is 15.1 Å². The lowest BCUT2D eigenvalue weighted by molar-refractivity contribution is -0.140. The maximum Gasteiger partial charge on any atom is 0.435 e. The molecule has 2 rings (SSSR count). The van der Waals surface area contributed by atoms with E-state index in [1.165, 1.54) is 7.05 Å². The smallest absolute Gasteiger partial charge is 0.352 e. The Balaban J connectivity index is 2.71. The van der Waals surface area contributed by atoms with E-state index in [0.717, 1.165) is 22.9 Å². The van der Waals surface area contributed by atoms with Crippen LogP contribution in [0.5, 0.6) is 0 Å². The summed E-state index contributed by atoms with van der Waals surface area (Å²) in [5.74, 6) is -1.63. The van der Waals surface area contributed by atoms with Gasteiger partial charge in [0.15, 0.2) is 5.69 Å². The quantitative estimate of drug-likeness (QED) is 0.874. The zero-order chi connectivity index (χ0) is 18.1. The molecule has 1 heterocycles. The molecular formula is C15H12F4N4O. The molecular weight excluding hydrogens is 328 g/mol. The Morgan fingerprint density at radius 1 is 1.42 bits per heavy atom. The maximum absolute atomic E-state index is 13.8. The van der Waals surface area contributed by atoms with Gasteiger partial charge in [-0.05, 0) is 24.6 Å². The number of hydrogen-bond donors (Lipinski definition) is 1. The molecule has 0 atom stereocenters. The number of carbonyl (C=O) groups excluding carboxylic acids is 1. The second-order valence-corrected chi connectivity index (χ2v) is 4.86. The summed E-state index contributed by atoms with van der Waals surface area (Å²) in [6, 6.07) is 4.59. The van der Waals surface area contributed by atoms with Crippen molar-refractivity contribution in [3.05, 3.63) is 41.0 Å². The molecule has 126 valence electrons. The molecule has 0 bridgehead atoms. The van der Waals surface area contributed by atoms with Crippen LogP contribution in [0.4, 0.5) is 17.6 Å². The molecule has 0 spiro atoms. The number of hydrogen-bond acceptors (Lipinski definition) is 3. The van der Waals surface area contributed by atoms with Gasteiger partial charge in [0.05, 0.1) is 11.1 Å². The van der Waals surface area contributed by atoms with Crippen LogP contribution in [0.1, 0.15) is 28.7 Å². The molecule has 1 amide bonds. The molecule has 24 heavy (non-hydrogen) atoms. The average Bonchev–Trinajstić information content (AvgIpc) is 2.84. The van der Waals surface area contributed by atoms with Crippen LogP contribution in [0.2, 0.25) is 0 Å². The third-order valence-electron chi connectivity index (χ3n) is 3.26. The van der Waals surface area contributed by atoms with Crippen LogP contribution in [0.15, 0.2) is 18.2 Å². The Morgan fingerprint density at radius 3 is 2.62 bits per heavy atom. The highest BCUT2D eigenvalue weighted by atomic mass is 19.4. The molecule has 0 aliphatic rings. The predicted octanol–water partition coefficient (Wildman–Crippen LogP) is 2.87. The molecule has 0 radical (unpaired) electrons. The first-order valence-electron chi connectivity index (χ1n) is 6.83. The lowest BCUT2D eigenvalue weighted by atomic mass is 10.00. The normalized spacial score (nSPS) is 11.2. The number of nitrogens with one attached hydrogen (secondary N) is 1. The molecule has 2 aromatic rings. The number of nitrogens with zero attached hydrogens (tertiary/aromatic N) is 3. The number of amides is 1. The zero-order valence-corrected chi connectivity index (χ0v) is 12.7. The minimum atomic E-state index is -4.80. The lowest BCUT2D eigenvalue weighted by Crippen LogP contribution is -2.23. The lowest BCUT2D eigenvalue weighted by Gasteiger charge is -2.09. The van der Waals surface area contributed by atoms with Crippen LogP contribution in [-0.2, 0) is 13.2 Å².